The first kappa shape index (κ1) is 9.41. The average molecular weight is 215 g/mol. The van der Waals surface area contributed by atoms with E-state index in [1.807, 2.05) is 11.3 Å². The SMILES string of the molecule is c1ccc2sc([C]3CCCCC3)cc2c1. The first-order chi connectivity index (χ1) is 7.43. The van der Waals surface area contributed by atoms with E-state index in [0.717, 1.165) is 0 Å². The molecular weight excluding hydrogens is 200 g/mol. The molecule has 0 aliphatic heterocycles. The van der Waals surface area contributed by atoms with Gasteiger partial charge in [0.1, 0.15) is 0 Å². The van der Waals surface area contributed by atoms with Gasteiger partial charge in [-0.25, -0.2) is 0 Å². The van der Waals surface area contributed by atoms with E-state index in [-0.39, 0.29) is 0 Å². The third-order valence-electron chi connectivity index (χ3n) is 3.23. The van der Waals surface area contributed by atoms with Gasteiger partial charge in [0.2, 0.25) is 0 Å². The van der Waals surface area contributed by atoms with Gasteiger partial charge >= 0.3 is 0 Å². The van der Waals surface area contributed by atoms with Crippen molar-refractivity contribution in [2.45, 2.75) is 32.1 Å². The molecule has 0 bridgehead atoms. The molecule has 1 aliphatic rings. The van der Waals surface area contributed by atoms with Crippen LogP contribution >= 0.6 is 11.3 Å². The molecule has 0 atom stereocenters. The molecule has 0 nitrogen and oxygen atoms in total. The van der Waals surface area contributed by atoms with Crippen LogP contribution in [0.5, 0.6) is 0 Å². The number of hydrogen-bond acceptors (Lipinski definition) is 1. The van der Waals surface area contributed by atoms with Crippen LogP contribution in [0.15, 0.2) is 30.3 Å². The summed E-state index contributed by atoms with van der Waals surface area (Å²) in [5, 5.41) is 1.41. The highest BCUT2D eigenvalue weighted by molar-refractivity contribution is 7.19. The van der Waals surface area contributed by atoms with Crippen molar-refractivity contribution in [3.63, 3.8) is 0 Å². The summed E-state index contributed by atoms with van der Waals surface area (Å²) in [5.74, 6) is 1.70. The van der Waals surface area contributed by atoms with E-state index in [9.17, 15) is 0 Å². The summed E-state index contributed by atoms with van der Waals surface area (Å²) in [6, 6.07) is 11.1. The summed E-state index contributed by atoms with van der Waals surface area (Å²) in [6.45, 7) is 0. The van der Waals surface area contributed by atoms with Crippen LogP contribution < -0.4 is 0 Å². The van der Waals surface area contributed by atoms with Crippen molar-refractivity contribution in [1.29, 1.82) is 0 Å². The van der Waals surface area contributed by atoms with Gasteiger partial charge in [-0.3, -0.25) is 0 Å². The molecule has 3 rings (SSSR count). The average Bonchev–Trinajstić information content (AvgIpc) is 2.74. The highest BCUT2D eigenvalue weighted by atomic mass is 32.1. The fraction of sp³-hybridized carbons (Fsp3) is 0.357. The number of thiophene rings is 1. The molecule has 1 saturated carbocycles. The van der Waals surface area contributed by atoms with Gasteiger partial charge in [-0.2, -0.15) is 0 Å². The molecule has 0 saturated heterocycles. The zero-order chi connectivity index (χ0) is 10.1. The van der Waals surface area contributed by atoms with E-state index >= 15 is 0 Å². The first-order valence-corrected chi connectivity index (χ1v) is 6.59. The van der Waals surface area contributed by atoms with E-state index in [2.05, 4.69) is 30.3 Å². The molecule has 1 heterocycles. The predicted octanol–water partition coefficient (Wildman–Crippen LogP) is 4.79. The van der Waals surface area contributed by atoms with Crippen LogP contribution in [0.3, 0.4) is 0 Å². The summed E-state index contributed by atoms with van der Waals surface area (Å²) in [5.41, 5.74) is 0. The van der Waals surface area contributed by atoms with E-state index in [0.29, 0.717) is 0 Å². The fourth-order valence-electron chi connectivity index (χ4n) is 2.38. The molecule has 0 unspecified atom stereocenters. The van der Waals surface area contributed by atoms with Crippen LogP contribution in [0, 0.1) is 5.92 Å². The third-order valence-corrected chi connectivity index (χ3v) is 4.45. The lowest BCUT2D eigenvalue weighted by Crippen LogP contribution is -2.03. The summed E-state index contributed by atoms with van der Waals surface area (Å²) in [6.07, 6.45) is 6.86. The molecule has 0 spiro atoms. The first-order valence-electron chi connectivity index (χ1n) is 5.77. The Morgan fingerprint density at radius 2 is 1.73 bits per heavy atom. The minimum absolute atomic E-state index is 1.33. The summed E-state index contributed by atoms with van der Waals surface area (Å²) in [7, 11) is 0. The summed E-state index contributed by atoms with van der Waals surface area (Å²) in [4.78, 5) is 1.54. The lowest BCUT2D eigenvalue weighted by molar-refractivity contribution is 0.554. The van der Waals surface area contributed by atoms with Crippen molar-refractivity contribution in [2.75, 3.05) is 0 Å². The molecule has 1 aromatic heterocycles. The molecule has 1 radical (unpaired) electrons. The lowest BCUT2D eigenvalue weighted by atomic mass is 9.88. The van der Waals surface area contributed by atoms with E-state index in [1.54, 1.807) is 5.92 Å². The minimum Gasteiger partial charge on any atom is -0.140 e. The Balaban J connectivity index is 1.96. The zero-order valence-electron chi connectivity index (χ0n) is 8.83. The Bertz CT molecular complexity index is 416. The Kier molecular flexibility index (Phi) is 2.49. The van der Waals surface area contributed by atoms with Gasteiger partial charge in [-0.1, -0.05) is 37.5 Å². The molecule has 1 aromatic carbocycles. The number of hydrogen-bond donors (Lipinski definition) is 0. The van der Waals surface area contributed by atoms with Crippen LogP contribution in [0.4, 0.5) is 0 Å². The van der Waals surface area contributed by atoms with Crippen LogP contribution in [0.1, 0.15) is 37.0 Å². The molecular formula is C14H15S. The maximum atomic E-state index is 2.38. The molecule has 1 heteroatoms. The Labute approximate surface area is 94.9 Å². The molecule has 15 heavy (non-hydrogen) atoms. The topological polar surface area (TPSA) is 0 Å². The van der Waals surface area contributed by atoms with Crippen LogP contribution in [-0.2, 0) is 0 Å². The van der Waals surface area contributed by atoms with Crippen LogP contribution in [-0.4, -0.2) is 0 Å². The van der Waals surface area contributed by atoms with Gasteiger partial charge in [0.15, 0.2) is 0 Å². The fourth-order valence-corrected chi connectivity index (χ4v) is 3.54. The Morgan fingerprint density at radius 3 is 2.53 bits per heavy atom. The quantitative estimate of drug-likeness (QED) is 0.641. The van der Waals surface area contributed by atoms with Crippen LogP contribution in [0.25, 0.3) is 10.1 Å². The molecule has 2 aromatic rings. The largest absolute Gasteiger partial charge is 0.140 e. The zero-order valence-corrected chi connectivity index (χ0v) is 9.65. The van der Waals surface area contributed by atoms with E-state index in [4.69, 9.17) is 0 Å². The Morgan fingerprint density at radius 1 is 0.933 bits per heavy atom. The number of benzene rings is 1. The number of fused-ring (bicyclic) bond motifs is 1. The highest BCUT2D eigenvalue weighted by Gasteiger charge is 2.17. The van der Waals surface area contributed by atoms with E-state index < -0.39 is 0 Å². The van der Waals surface area contributed by atoms with Gasteiger partial charge in [-0.05, 0) is 30.4 Å². The van der Waals surface area contributed by atoms with Crippen molar-refractivity contribution < 1.29 is 0 Å². The van der Waals surface area contributed by atoms with Crippen molar-refractivity contribution >= 4 is 21.4 Å². The molecule has 1 aliphatic carbocycles. The van der Waals surface area contributed by atoms with Crippen molar-refractivity contribution in [3.8, 4) is 0 Å². The maximum Gasteiger partial charge on any atom is 0.0345 e. The van der Waals surface area contributed by atoms with Crippen molar-refractivity contribution in [1.82, 2.24) is 0 Å². The van der Waals surface area contributed by atoms with Gasteiger partial charge in [0, 0.05) is 15.5 Å². The monoisotopic (exact) mass is 215 g/mol. The third kappa shape index (κ3) is 1.81. The van der Waals surface area contributed by atoms with Crippen molar-refractivity contribution in [3.05, 3.63) is 41.1 Å². The normalized spacial score (nSPS) is 18.4. The Hall–Kier alpha value is -0.820. The predicted molar refractivity (Wildman–Crippen MR) is 67.3 cm³/mol. The van der Waals surface area contributed by atoms with Gasteiger partial charge in [0.25, 0.3) is 0 Å². The van der Waals surface area contributed by atoms with Crippen LogP contribution in [0.2, 0.25) is 0 Å². The van der Waals surface area contributed by atoms with Crippen molar-refractivity contribution in [2.24, 2.45) is 0 Å². The summed E-state index contributed by atoms with van der Waals surface area (Å²) < 4.78 is 1.44. The molecule has 0 amide bonds. The second-order valence-corrected chi connectivity index (χ2v) is 5.40. The maximum absolute atomic E-state index is 2.38. The second kappa shape index (κ2) is 3.97. The van der Waals surface area contributed by atoms with E-state index in [1.165, 1.54) is 47.1 Å². The van der Waals surface area contributed by atoms with Gasteiger partial charge in [0.05, 0.1) is 0 Å². The second-order valence-electron chi connectivity index (χ2n) is 4.31. The smallest absolute Gasteiger partial charge is 0.0345 e. The van der Waals surface area contributed by atoms with Gasteiger partial charge < -0.3 is 0 Å². The lowest BCUT2D eigenvalue weighted by Gasteiger charge is -2.19. The molecule has 0 N–H and O–H groups in total. The standard InChI is InChI=1S/C14H15S/c1-2-6-11(7-3-1)14-10-12-8-4-5-9-13(12)15-14/h4-5,8-10H,1-3,6-7H2. The van der Waals surface area contributed by atoms with Gasteiger partial charge in [-0.15, -0.1) is 11.3 Å². The summed E-state index contributed by atoms with van der Waals surface area (Å²) >= 11 is 1.97. The highest BCUT2D eigenvalue weighted by Crippen LogP contribution is 2.37. The minimum atomic E-state index is 1.33. The molecule has 1 fully saturated rings. The molecule has 77 valence electrons. The number of rotatable bonds is 1.